The zero-order valence-electron chi connectivity index (χ0n) is 16.9. The number of halogens is 5. The number of hydrogen-bond donors (Lipinski definition) is 1. The molecule has 1 aliphatic rings. The summed E-state index contributed by atoms with van der Waals surface area (Å²) in [7, 11) is 1.42. The van der Waals surface area contributed by atoms with Crippen LogP contribution in [0.25, 0.3) is 0 Å². The minimum absolute atomic E-state index is 0.0620. The largest absolute Gasteiger partial charge is 0.417 e. The number of carbonyl (C=O) groups is 1. The van der Waals surface area contributed by atoms with Gasteiger partial charge in [-0.25, -0.2) is 13.6 Å². The van der Waals surface area contributed by atoms with Gasteiger partial charge in [0.05, 0.1) is 29.8 Å². The number of rotatable bonds is 4. The Morgan fingerprint density at radius 3 is 2.47 bits per heavy atom. The lowest BCUT2D eigenvalue weighted by Crippen LogP contribution is -2.58. The maximum absolute atomic E-state index is 13.4. The van der Waals surface area contributed by atoms with Gasteiger partial charge < -0.3 is 19.9 Å². The normalized spacial score (nSPS) is 16.6. The lowest BCUT2D eigenvalue weighted by atomic mass is 10.1. The molecule has 11 heteroatoms. The van der Waals surface area contributed by atoms with E-state index in [0.29, 0.717) is 6.07 Å². The molecule has 1 N–H and O–H groups in total. The molecule has 2 amide bonds. The van der Waals surface area contributed by atoms with E-state index in [2.05, 4.69) is 5.32 Å². The van der Waals surface area contributed by atoms with Gasteiger partial charge in [0.2, 0.25) is 0 Å². The van der Waals surface area contributed by atoms with Crippen molar-refractivity contribution in [2.75, 3.05) is 43.6 Å². The molecule has 1 unspecified atom stereocenters. The third-order valence-corrected chi connectivity index (χ3v) is 5.01. The molecule has 3 rings (SSSR count). The topological polar surface area (TPSA) is 68.6 Å². The van der Waals surface area contributed by atoms with E-state index < -0.39 is 41.0 Å². The molecule has 0 radical (unpaired) electrons. The second-order valence-electron chi connectivity index (χ2n) is 7.18. The van der Waals surface area contributed by atoms with Crippen LogP contribution in [0.1, 0.15) is 11.1 Å². The maximum atomic E-state index is 13.4. The van der Waals surface area contributed by atoms with Crippen molar-refractivity contribution in [1.82, 2.24) is 4.90 Å². The van der Waals surface area contributed by atoms with Crippen LogP contribution in [0.5, 0.6) is 0 Å². The Kier molecular flexibility index (Phi) is 6.84. The highest BCUT2D eigenvalue weighted by Gasteiger charge is 2.36. The van der Waals surface area contributed by atoms with Crippen molar-refractivity contribution in [2.45, 2.75) is 12.2 Å². The van der Waals surface area contributed by atoms with Gasteiger partial charge in [-0.05, 0) is 30.3 Å². The van der Waals surface area contributed by atoms with Crippen molar-refractivity contribution < 1.29 is 31.5 Å². The number of hydrogen-bond acceptors (Lipinski definition) is 4. The van der Waals surface area contributed by atoms with Crippen LogP contribution in [-0.4, -0.2) is 50.3 Å². The van der Waals surface area contributed by atoms with E-state index in [-0.39, 0.29) is 37.6 Å². The minimum atomic E-state index is -4.69. The molecule has 6 nitrogen and oxygen atoms in total. The Morgan fingerprint density at radius 1 is 1.19 bits per heavy atom. The third kappa shape index (κ3) is 5.26. The van der Waals surface area contributed by atoms with Crippen LogP contribution >= 0.6 is 0 Å². The van der Waals surface area contributed by atoms with E-state index in [4.69, 9.17) is 10.00 Å². The Bertz CT molecular complexity index is 1020. The van der Waals surface area contributed by atoms with Gasteiger partial charge in [-0.15, -0.1) is 0 Å². The molecule has 0 saturated carbocycles. The van der Waals surface area contributed by atoms with E-state index in [0.717, 1.165) is 24.3 Å². The highest BCUT2D eigenvalue weighted by Crippen LogP contribution is 2.35. The molecule has 32 heavy (non-hydrogen) atoms. The molecule has 2 aromatic rings. The summed E-state index contributed by atoms with van der Waals surface area (Å²) in [5.41, 5.74) is -1.32. The summed E-state index contributed by atoms with van der Waals surface area (Å²) >= 11 is 0. The predicted molar refractivity (Wildman–Crippen MR) is 106 cm³/mol. The highest BCUT2D eigenvalue weighted by atomic mass is 19.4. The number of carbonyl (C=O) groups excluding carboxylic acids is 1. The molecule has 0 spiro atoms. The van der Waals surface area contributed by atoms with Gasteiger partial charge in [-0.3, -0.25) is 0 Å². The van der Waals surface area contributed by atoms with Crippen LogP contribution in [0.15, 0.2) is 36.4 Å². The van der Waals surface area contributed by atoms with E-state index in [9.17, 15) is 26.7 Å². The van der Waals surface area contributed by atoms with Crippen molar-refractivity contribution in [1.29, 1.82) is 5.26 Å². The van der Waals surface area contributed by atoms with Crippen LogP contribution in [0, 0.1) is 23.0 Å². The first-order valence-electron chi connectivity index (χ1n) is 9.51. The van der Waals surface area contributed by atoms with Crippen LogP contribution < -0.4 is 10.2 Å². The Morgan fingerprint density at radius 2 is 1.88 bits per heavy atom. The summed E-state index contributed by atoms with van der Waals surface area (Å²) < 4.78 is 71.9. The molecular formula is C21H19F5N4O2. The molecule has 170 valence electrons. The third-order valence-electron chi connectivity index (χ3n) is 5.01. The van der Waals surface area contributed by atoms with Gasteiger partial charge in [0.15, 0.2) is 0 Å². The minimum Gasteiger partial charge on any atom is -0.382 e. The van der Waals surface area contributed by atoms with Gasteiger partial charge in [0.1, 0.15) is 11.6 Å². The monoisotopic (exact) mass is 454 g/mol. The molecule has 1 heterocycles. The van der Waals surface area contributed by atoms with Crippen LogP contribution in [0.2, 0.25) is 0 Å². The lowest BCUT2D eigenvalue weighted by Gasteiger charge is -2.42. The van der Waals surface area contributed by atoms with Crippen LogP contribution in [0.4, 0.5) is 38.1 Å². The number of methoxy groups -OCH3 is 1. The van der Waals surface area contributed by atoms with Crippen molar-refractivity contribution >= 4 is 17.4 Å². The van der Waals surface area contributed by atoms with Gasteiger partial charge >= 0.3 is 12.2 Å². The number of benzene rings is 2. The average Bonchev–Trinajstić information content (AvgIpc) is 2.72. The Hall–Kier alpha value is -3.39. The van der Waals surface area contributed by atoms with Gasteiger partial charge in [-0.1, -0.05) is 0 Å². The predicted octanol–water partition coefficient (Wildman–Crippen LogP) is 4.22. The molecule has 1 fully saturated rings. The number of nitriles is 1. The summed E-state index contributed by atoms with van der Waals surface area (Å²) in [6.07, 6.45) is -4.69. The lowest BCUT2D eigenvalue weighted by molar-refractivity contribution is -0.137. The number of urea groups is 1. The zero-order valence-corrected chi connectivity index (χ0v) is 16.9. The average molecular weight is 454 g/mol. The van der Waals surface area contributed by atoms with Crippen molar-refractivity contribution in [3.63, 3.8) is 0 Å². The number of piperazine rings is 1. The van der Waals surface area contributed by atoms with Crippen molar-refractivity contribution in [3.8, 4) is 6.07 Å². The first-order chi connectivity index (χ1) is 15.1. The highest BCUT2D eigenvalue weighted by molar-refractivity contribution is 5.89. The first kappa shape index (κ1) is 23.3. The second kappa shape index (κ2) is 9.40. The summed E-state index contributed by atoms with van der Waals surface area (Å²) in [6.45, 7) is 0.569. The standard InChI is InChI=1S/C21H19F5N4O2/c1-32-12-18-11-29(17-3-2-13(10-27)19(9-17)21(24,25)26)4-5-30(18)20(31)28-16-7-14(22)6-15(23)8-16/h2-3,6-9,18H,4-5,11-12H2,1H3,(H,28,31). The number of amides is 2. The number of alkyl halides is 3. The molecule has 1 atom stereocenters. The van der Waals surface area contributed by atoms with Crippen molar-refractivity contribution in [3.05, 3.63) is 59.2 Å². The first-order valence-corrected chi connectivity index (χ1v) is 9.51. The number of anilines is 2. The second-order valence-corrected chi connectivity index (χ2v) is 7.18. The van der Waals surface area contributed by atoms with Gasteiger partial charge in [0.25, 0.3) is 0 Å². The molecule has 0 bridgehead atoms. The fourth-order valence-corrected chi connectivity index (χ4v) is 3.57. The van der Waals surface area contributed by atoms with E-state index >= 15 is 0 Å². The molecular weight excluding hydrogens is 435 g/mol. The number of nitrogens with zero attached hydrogens (tertiary/aromatic N) is 3. The molecule has 1 aliphatic heterocycles. The summed E-state index contributed by atoms with van der Waals surface area (Å²) in [4.78, 5) is 15.8. The van der Waals surface area contributed by atoms with Crippen LogP contribution in [-0.2, 0) is 10.9 Å². The maximum Gasteiger partial charge on any atom is 0.417 e. The zero-order chi connectivity index (χ0) is 23.5. The molecule has 1 saturated heterocycles. The molecule has 0 aromatic heterocycles. The van der Waals surface area contributed by atoms with E-state index in [1.165, 1.54) is 18.1 Å². The van der Waals surface area contributed by atoms with Crippen LogP contribution in [0.3, 0.4) is 0 Å². The molecule has 2 aromatic carbocycles. The van der Waals surface area contributed by atoms with Crippen molar-refractivity contribution in [2.24, 2.45) is 0 Å². The van der Waals surface area contributed by atoms with Gasteiger partial charge in [-0.2, -0.15) is 18.4 Å². The fraction of sp³-hybridized carbons (Fsp3) is 0.333. The fourth-order valence-electron chi connectivity index (χ4n) is 3.57. The smallest absolute Gasteiger partial charge is 0.382 e. The Balaban J connectivity index is 1.79. The summed E-state index contributed by atoms with van der Waals surface area (Å²) in [6, 6.07) is 6.44. The van der Waals surface area contributed by atoms with Gasteiger partial charge in [0, 0.05) is 44.2 Å². The Labute approximate surface area is 180 Å². The quantitative estimate of drug-likeness (QED) is 0.703. The molecule has 0 aliphatic carbocycles. The number of ether oxygens (including phenoxy) is 1. The van der Waals surface area contributed by atoms with E-state index in [1.807, 2.05) is 0 Å². The SMILES string of the molecule is COCC1CN(c2ccc(C#N)c(C(F)(F)F)c2)CCN1C(=O)Nc1cc(F)cc(F)c1. The van der Waals surface area contributed by atoms with E-state index in [1.54, 1.807) is 11.0 Å². The number of nitrogens with one attached hydrogen (secondary N) is 1. The summed E-state index contributed by atoms with van der Waals surface area (Å²) in [5.74, 6) is -1.69. The summed E-state index contributed by atoms with van der Waals surface area (Å²) in [5, 5.41) is 11.4.